The van der Waals surface area contributed by atoms with Crippen LogP contribution in [0.5, 0.6) is 0 Å². The highest BCUT2D eigenvalue weighted by atomic mass is 127. The van der Waals surface area contributed by atoms with Gasteiger partial charge in [-0.05, 0) is 31.4 Å². The van der Waals surface area contributed by atoms with Gasteiger partial charge >= 0.3 is 6.18 Å². The zero-order chi connectivity index (χ0) is 20.2. The molecule has 1 aromatic heterocycles. The number of nitrogens with one attached hydrogen (secondary N) is 2. The largest absolute Gasteiger partial charge is 0.434 e. The summed E-state index contributed by atoms with van der Waals surface area (Å²) in [6.07, 6.45) is -2.28. The minimum atomic E-state index is -4.41. The van der Waals surface area contributed by atoms with E-state index in [-0.39, 0.29) is 35.2 Å². The molecule has 0 spiro atoms. The van der Waals surface area contributed by atoms with Crippen molar-refractivity contribution in [1.82, 2.24) is 15.6 Å². The van der Waals surface area contributed by atoms with E-state index in [1.807, 2.05) is 13.0 Å². The number of hydrogen-bond donors (Lipinski definition) is 2. The summed E-state index contributed by atoms with van der Waals surface area (Å²) in [6, 6.07) is 6.77. The van der Waals surface area contributed by atoms with Crippen LogP contribution in [0, 0.1) is 5.82 Å². The van der Waals surface area contributed by atoms with Crippen molar-refractivity contribution in [3.63, 3.8) is 0 Å². The third-order valence-corrected chi connectivity index (χ3v) is 5.56. The van der Waals surface area contributed by atoms with Gasteiger partial charge in [0.2, 0.25) is 0 Å². The van der Waals surface area contributed by atoms with Gasteiger partial charge < -0.3 is 10.6 Å². The third-order valence-electron chi connectivity index (χ3n) is 4.66. The van der Waals surface area contributed by atoms with Crippen molar-refractivity contribution in [3.8, 4) is 0 Å². The zero-order valence-electron chi connectivity index (χ0n) is 15.9. The third kappa shape index (κ3) is 6.27. The SMILES string of the molecule is CCNC(=NCC1(c2ccccc2F)CC1)NCCc1nc(C(F)(F)F)cs1.I. The monoisotopic (exact) mass is 542 g/mol. The Morgan fingerprint density at radius 2 is 1.97 bits per heavy atom. The first-order chi connectivity index (χ1) is 13.3. The van der Waals surface area contributed by atoms with Crippen LogP contribution < -0.4 is 10.6 Å². The molecule has 1 saturated carbocycles. The first-order valence-electron chi connectivity index (χ1n) is 9.13. The highest BCUT2D eigenvalue weighted by molar-refractivity contribution is 14.0. The molecular formula is C19H23F4IN4S. The molecule has 1 heterocycles. The van der Waals surface area contributed by atoms with Crippen LogP contribution in [0.15, 0.2) is 34.6 Å². The van der Waals surface area contributed by atoms with Crippen molar-refractivity contribution >= 4 is 41.3 Å². The molecule has 1 fully saturated rings. The number of aliphatic imine (C=N–C) groups is 1. The number of guanidine groups is 1. The fourth-order valence-corrected chi connectivity index (χ4v) is 3.78. The molecule has 2 N–H and O–H groups in total. The molecule has 29 heavy (non-hydrogen) atoms. The fraction of sp³-hybridized carbons (Fsp3) is 0.474. The molecule has 1 aliphatic carbocycles. The van der Waals surface area contributed by atoms with Gasteiger partial charge in [-0.2, -0.15) is 13.2 Å². The smallest absolute Gasteiger partial charge is 0.357 e. The average molecular weight is 542 g/mol. The molecule has 3 rings (SSSR count). The standard InChI is InChI=1S/C19H22F4N4S.HI/c1-2-24-17(25-10-7-16-27-15(11-28-16)19(21,22)23)26-12-18(8-9-18)13-5-3-4-6-14(13)20;/h3-6,11H,2,7-10,12H2,1H3,(H2,24,25,26);1H. The van der Waals surface area contributed by atoms with Gasteiger partial charge in [0.1, 0.15) is 5.82 Å². The first-order valence-corrected chi connectivity index (χ1v) is 10.0. The topological polar surface area (TPSA) is 49.3 Å². The Kier molecular flexibility index (Phi) is 8.27. The summed E-state index contributed by atoms with van der Waals surface area (Å²) in [5.41, 5.74) is -0.421. The number of thiazole rings is 1. The van der Waals surface area contributed by atoms with Crippen molar-refractivity contribution in [3.05, 3.63) is 51.7 Å². The van der Waals surface area contributed by atoms with Gasteiger partial charge in [-0.3, -0.25) is 4.99 Å². The second-order valence-corrected chi connectivity index (χ2v) is 7.70. The van der Waals surface area contributed by atoms with E-state index in [0.717, 1.165) is 29.6 Å². The van der Waals surface area contributed by atoms with Crippen molar-refractivity contribution in [2.45, 2.75) is 37.8 Å². The number of aromatic nitrogens is 1. The summed E-state index contributed by atoms with van der Waals surface area (Å²) in [7, 11) is 0. The second kappa shape index (κ2) is 10.1. The minimum absolute atomic E-state index is 0. The van der Waals surface area contributed by atoms with Gasteiger partial charge in [0.05, 0.1) is 11.6 Å². The minimum Gasteiger partial charge on any atom is -0.357 e. The molecule has 0 bridgehead atoms. The molecule has 2 aromatic rings. The summed E-state index contributed by atoms with van der Waals surface area (Å²) >= 11 is 0.995. The summed E-state index contributed by atoms with van der Waals surface area (Å²) in [6.45, 7) is 3.44. The predicted molar refractivity (Wildman–Crippen MR) is 118 cm³/mol. The van der Waals surface area contributed by atoms with Crippen LogP contribution in [0.2, 0.25) is 0 Å². The Hall–Kier alpha value is -1.43. The Balaban J connectivity index is 0.00000300. The molecule has 4 nitrogen and oxygen atoms in total. The molecule has 1 aliphatic rings. The van der Waals surface area contributed by atoms with Gasteiger partial charge in [-0.1, -0.05) is 18.2 Å². The molecule has 160 valence electrons. The van der Waals surface area contributed by atoms with Gasteiger partial charge in [0.15, 0.2) is 11.7 Å². The van der Waals surface area contributed by atoms with Crippen LogP contribution >= 0.6 is 35.3 Å². The van der Waals surface area contributed by atoms with Crippen LogP contribution in [0.25, 0.3) is 0 Å². The maximum absolute atomic E-state index is 14.1. The molecule has 0 saturated heterocycles. The lowest BCUT2D eigenvalue weighted by Gasteiger charge is -2.16. The molecular weight excluding hydrogens is 519 g/mol. The maximum atomic E-state index is 14.1. The van der Waals surface area contributed by atoms with Crippen molar-refractivity contribution in [2.24, 2.45) is 4.99 Å². The van der Waals surface area contributed by atoms with Gasteiger partial charge in [-0.15, -0.1) is 35.3 Å². The van der Waals surface area contributed by atoms with Crippen molar-refractivity contribution < 1.29 is 17.6 Å². The highest BCUT2D eigenvalue weighted by Crippen LogP contribution is 2.49. The van der Waals surface area contributed by atoms with E-state index in [1.165, 1.54) is 6.07 Å². The average Bonchev–Trinajstić information content (AvgIpc) is 3.27. The summed E-state index contributed by atoms with van der Waals surface area (Å²) < 4.78 is 51.9. The second-order valence-electron chi connectivity index (χ2n) is 6.76. The van der Waals surface area contributed by atoms with Crippen LogP contribution in [0.4, 0.5) is 17.6 Å². The summed E-state index contributed by atoms with van der Waals surface area (Å²) in [5.74, 6) is 0.357. The fourth-order valence-electron chi connectivity index (χ4n) is 2.97. The summed E-state index contributed by atoms with van der Waals surface area (Å²) in [5, 5.41) is 7.67. The number of benzene rings is 1. The quantitative estimate of drug-likeness (QED) is 0.230. The molecule has 0 unspecified atom stereocenters. The molecule has 0 aliphatic heterocycles. The maximum Gasteiger partial charge on any atom is 0.434 e. The zero-order valence-corrected chi connectivity index (χ0v) is 19.0. The Morgan fingerprint density at radius 1 is 1.24 bits per heavy atom. The van der Waals surface area contributed by atoms with Crippen LogP contribution in [-0.2, 0) is 18.0 Å². The van der Waals surface area contributed by atoms with Gasteiger partial charge in [-0.25, -0.2) is 9.37 Å². The van der Waals surface area contributed by atoms with Crippen molar-refractivity contribution in [1.29, 1.82) is 0 Å². The lowest BCUT2D eigenvalue weighted by molar-refractivity contribution is -0.140. The van der Waals surface area contributed by atoms with E-state index in [2.05, 4.69) is 20.6 Å². The first kappa shape index (κ1) is 23.8. The van der Waals surface area contributed by atoms with Crippen molar-refractivity contribution in [2.75, 3.05) is 19.6 Å². The molecule has 0 amide bonds. The lowest BCUT2D eigenvalue weighted by atomic mass is 9.95. The molecule has 0 radical (unpaired) electrons. The summed E-state index contributed by atoms with van der Waals surface area (Å²) in [4.78, 5) is 8.19. The number of rotatable bonds is 7. The van der Waals surface area contributed by atoms with E-state index in [9.17, 15) is 17.6 Å². The van der Waals surface area contributed by atoms with E-state index in [1.54, 1.807) is 12.1 Å². The van der Waals surface area contributed by atoms with E-state index < -0.39 is 11.9 Å². The lowest BCUT2D eigenvalue weighted by Crippen LogP contribution is -2.39. The van der Waals surface area contributed by atoms with E-state index in [4.69, 9.17) is 0 Å². The Bertz CT molecular complexity index is 834. The Labute approximate surface area is 188 Å². The highest BCUT2D eigenvalue weighted by Gasteiger charge is 2.45. The van der Waals surface area contributed by atoms with Crippen LogP contribution in [0.3, 0.4) is 0 Å². The molecule has 10 heteroatoms. The predicted octanol–water partition coefficient (Wildman–Crippen LogP) is 4.75. The number of halogens is 5. The van der Waals surface area contributed by atoms with E-state index >= 15 is 0 Å². The van der Waals surface area contributed by atoms with Gasteiger partial charge in [0.25, 0.3) is 0 Å². The van der Waals surface area contributed by atoms with Crippen LogP contribution in [0.1, 0.15) is 36.0 Å². The van der Waals surface area contributed by atoms with Gasteiger partial charge in [0, 0.05) is 30.3 Å². The number of alkyl halides is 3. The number of nitrogens with zero attached hydrogens (tertiary/aromatic N) is 2. The Morgan fingerprint density at radius 3 is 2.55 bits per heavy atom. The van der Waals surface area contributed by atoms with E-state index in [0.29, 0.717) is 42.6 Å². The molecule has 0 atom stereocenters. The van der Waals surface area contributed by atoms with Crippen LogP contribution in [-0.4, -0.2) is 30.6 Å². The molecule has 1 aromatic carbocycles. The number of hydrogen-bond acceptors (Lipinski definition) is 3. The normalized spacial score (nSPS) is 15.6.